The van der Waals surface area contributed by atoms with Crippen LogP contribution < -0.4 is 0 Å². The van der Waals surface area contributed by atoms with Crippen molar-refractivity contribution in [3.8, 4) is 0 Å². The topological polar surface area (TPSA) is 37.3 Å². The van der Waals surface area contributed by atoms with Crippen molar-refractivity contribution in [2.75, 3.05) is 0 Å². The summed E-state index contributed by atoms with van der Waals surface area (Å²) in [6.45, 7) is 0. The molecule has 4 heteroatoms. The lowest BCUT2D eigenvalue weighted by Crippen LogP contribution is -1.98. The largest absolute Gasteiger partial charge is 0.478 e. The molecule has 64 valence electrons. The van der Waals surface area contributed by atoms with Crippen molar-refractivity contribution >= 4 is 17.6 Å². The maximum absolute atomic E-state index is 12.9. The average Bonchev–Trinajstić information content (AvgIpc) is 2.04. The normalized spacial score (nSPS) is 9.83. The van der Waals surface area contributed by atoms with E-state index in [1.807, 2.05) is 0 Å². The first-order valence-corrected chi connectivity index (χ1v) is 3.76. The standard InChI is InChI=1S/C8H6ClFO2/c9-4-6-2-1-5(8(11)12)3-7(6)10/h1-3H,4H2,(H,11,12). The summed E-state index contributed by atoms with van der Waals surface area (Å²) in [5, 5.41) is 8.47. The van der Waals surface area contributed by atoms with E-state index in [9.17, 15) is 9.18 Å². The molecule has 0 fully saturated rings. The maximum Gasteiger partial charge on any atom is 0.335 e. The Morgan fingerprint density at radius 2 is 2.25 bits per heavy atom. The van der Waals surface area contributed by atoms with E-state index in [0.717, 1.165) is 6.07 Å². The number of carboxylic acids is 1. The quantitative estimate of drug-likeness (QED) is 0.723. The van der Waals surface area contributed by atoms with Crippen LogP contribution in [0.2, 0.25) is 0 Å². The molecule has 0 saturated heterocycles. The Morgan fingerprint density at radius 3 is 2.67 bits per heavy atom. The zero-order chi connectivity index (χ0) is 9.14. The summed E-state index contributed by atoms with van der Waals surface area (Å²) in [7, 11) is 0. The van der Waals surface area contributed by atoms with Gasteiger partial charge in [0.15, 0.2) is 0 Å². The summed E-state index contributed by atoms with van der Waals surface area (Å²) in [5.41, 5.74) is 0.239. The van der Waals surface area contributed by atoms with Crippen LogP contribution in [0.15, 0.2) is 18.2 Å². The van der Waals surface area contributed by atoms with Gasteiger partial charge >= 0.3 is 5.97 Å². The van der Waals surface area contributed by atoms with Crippen molar-refractivity contribution in [3.63, 3.8) is 0 Å². The van der Waals surface area contributed by atoms with Crippen LogP contribution in [0.4, 0.5) is 4.39 Å². The third-order valence-corrected chi connectivity index (χ3v) is 1.73. The molecule has 0 amide bonds. The summed E-state index contributed by atoms with van der Waals surface area (Å²) in [5.74, 6) is -1.67. The zero-order valence-corrected chi connectivity index (χ0v) is 6.81. The lowest BCUT2D eigenvalue weighted by Gasteiger charge is -1.98. The molecule has 0 aliphatic heterocycles. The van der Waals surface area contributed by atoms with Crippen LogP contribution in [0.1, 0.15) is 15.9 Å². The molecule has 0 heterocycles. The Bertz CT molecular complexity index is 312. The highest BCUT2D eigenvalue weighted by Gasteiger charge is 2.06. The first kappa shape index (κ1) is 9.00. The van der Waals surface area contributed by atoms with E-state index in [-0.39, 0.29) is 11.4 Å². The molecule has 1 N–H and O–H groups in total. The first-order valence-electron chi connectivity index (χ1n) is 3.23. The van der Waals surface area contributed by atoms with Gasteiger partial charge in [0.05, 0.1) is 11.4 Å². The smallest absolute Gasteiger partial charge is 0.335 e. The molecule has 0 bridgehead atoms. The van der Waals surface area contributed by atoms with Crippen LogP contribution in [0.5, 0.6) is 0 Å². The molecular weight excluding hydrogens is 183 g/mol. The molecule has 0 saturated carbocycles. The van der Waals surface area contributed by atoms with Crippen LogP contribution in [0.25, 0.3) is 0 Å². The molecule has 2 nitrogen and oxygen atoms in total. The number of aromatic carboxylic acids is 1. The van der Waals surface area contributed by atoms with Crippen molar-refractivity contribution in [3.05, 3.63) is 35.1 Å². The third kappa shape index (κ3) is 1.74. The predicted octanol–water partition coefficient (Wildman–Crippen LogP) is 2.26. The maximum atomic E-state index is 12.9. The average molecular weight is 189 g/mol. The summed E-state index contributed by atoms with van der Waals surface area (Å²) < 4.78 is 12.9. The first-order chi connectivity index (χ1) is 5.65. The van der Waals surface area contributed by atoms with Gasteiger partial charge in [0.2, 0.25) is 0 Å². The Balaban J connectivity index is 3.10. The second-order valence-corrected chi connectivity index (χ2v) is 2.51. The van der Waals surface area contributed by atoms with Gasteiger partial charge in [0, 0.05) is 5.56 Å². The van der Waals surface area contributed by atoms with E-state index < -0.39 is 11.8 Å². The summed E-state index contributed by atoms with van der Waals surface area (Å²) in [6.07, 6.45) is 0. The molecule has 1 aromatic rings. The number of rotatable bonds is 2. The second kappa shape index (κ2) is 3.54. The molecular formula is C8H6ClFO2. The monoisotopic (exact) mass is 188 g/mol. The van der Waals surface area contributed by atoms with Crippen LogP contribution in [-0.4, -0.2) is 11.1 Å². The summed E-state index contributed by atoms with van der Waals surface area (Å²) >= 11 is 5.38. The van der Waals surface area contributed by atoms with Gasteiger partial charge in [-0.05, 0) is 12.1 Å². The number of alkyl halides is 1. The molecule has 1 aromatic carbocycles. The number of benzene rings is 1. The number of hydrogen-bond acceptors (Lipinski definition) is 1. The lowest BCUT2D eigenvalue weighted by molar-refractivity contribution is 0.0696. The highest BCUT2D eigenvalue weighted by atomic mass is 35.5. The zero-order valence-electron chi connectivity index (χ0n) is 6.05. The second-order valence-electron chi connectivity index (χ2n) is 2.24. The summed E-state index contributed by atoms with van der Waals surface area (Å²) in [4.78, 5) is 10.4. The van der Waals surface area contributed by atoms with E-state index >= 15 is 0 Å². The highest BCUT2D eigenvalue weighted by molar-refractivity contribution is 6.17. The van der Waals surface area contributed by atoms with Gasteiger partial charge in [0.1, 0.15) is 5.82 Å². The minimum Gasteiger partial charge on any atom is -0.478 e. The van der Waals surface area contributed by atoms with Crippen LogP contribution in [-0.2, 0) is 5.88 Å². The van der Waals surface area contributed by atoms with E-state index in [2.05, 4.69) is 0 Å². The van der Waals surface area contributed by atoms with E-state index in [1.165, 1.54) is 12.1 Å². The third-order valence-electron chi connectivity index (χ3n) is 1.44. The van der Waals surface area contributed by atoms with Crippen LogP contribution in [0.3, 0.4) is 0 Å². The Hall–Kier alpha value is -1.09. The fraction of sp³-hybridized carbons (Fsp3) is 0.125. The molecule has 0 aliphatic carbocycles. The van der Waals surface area contributed by atoms with E-state index in [1.54, 1.807) is 0 Å². The fourth-order valence-corrected chi connectivity index (χ4v) is 1.01. The van der Waals surface area contributed by atoms with Gasteiger partial charge in [-0.25, -0.2) is 9.18 Å². The number of carboxylic acid groups (broad SMARTS) is 1. The fourth-order valence-electron chi connectivity index (χ4n) is 0.789. The minimum atomic E-state index is -1.14. The molecule has 0 spiro atoms. The molecule has 12 heavy (non-hydrogen) atoms. The number of halogens is 2. The molecule has 0 unspecified atom stereocenters. The van der Waals surface area contributed by atoms with Crippen molar-refractivity contribution in [1.29, 1.82) is 0 Å². The van der Waals surface area contributed by atoms with Gasteiger partial charge in [-0.15, -0.1) is 11.6 Å². The van der Waals surface area contributed by atoms with Crippen molar-refractivity contribution in [2.24, 2.45) is 0 Å². The molecule has 0 aliphatic rings. The van der Waals surface area contributed by atoms with Gasteiger partial charge < -0.3 is 5.11 Å². The van der Waals surface area contributed by atoms with Gasteiger partial charge in [0.25, 0.3) is 0 Å². The molecule has 0 radical (unpaired) electrons. The van der Waals surface area contributed by atoms with Gasteiger partial charge in [-0.2, -0.15) is 0 Å². The number of hydrogen-bond donors (Lipinski definition) is 1. The molecule has 1 rings (SSSR count). The van der Waals surface area contributed by atoms with Crippen molar-refractivity contribution in [1.82, 2.24) is 0 Å². The van der Waals surface area contributed by atoms with Crippen LogP contribution >= 0.6 is 11.6 Å². The van der Waals surface area contributed by atoms with E-state index in [0.29, 0.717) is 5.56 Å². The lowest BCUT2D eigenvalue weighted by atomic mass is 10.1. The van der Waals surface area contributed by atoms with Crippen molar-refractivity contribution in [2.45, 2.75) is 5.88 Å². The summed E-state index contributed by atoms with van der Waals surface area (Å²) in [6, 6.07) is 3.65. The highest BCUT2D eigenvalue weighted by Crippen LogP contribution is 2.12. The minimum absolute atomic E-state index is 0.0474. The predicted molar refractivity (Wildman–Crippen MR) is 42.9 cm³/mol. The van der Waals surface area contributed by atoms with Gasteiger partial charge in [-0.1, -0.05) is 6.07 Å². The Labute approximate surface area is 73.6 Å². The van der Waals surface area contributed by atoms with Gasteiger partial charge in [-0.3, -0.25) is 0 Å². The molecule has 0 aromatic heterocycles. The SMILES string of the molecule is O=C(O)c1ccc(CCl)c(F)c1. The number of carbonyl (C=O) groups is 1. The molecule has 0 atom stereocenters. The van der Waals surface area contributed by atoms with Crippen LogP contribution in [0, 0.1) is 5.82 Å². The Morgan fingerprint density at radius 1 is 1.58 bits per heavy atom. The Kier molecular flexibility index (Phi) is 2.65. The van der Waals surface area contributed by atoms with Crippen molar-refractivity contribution < 1.29 is 14.3 Å². The van der Waals surface area contributed by atoms with E-state index in [4.69, 9.17) is 16.7 Å².